The summed E-state index contributed by atoms with van der Waals surface area (Å²) in [4.78, 5) is 2.67. The van der Waals surface area contributed by atoms with E-state index in [0.29, 0.717) is 26.2 Å². The van der Waals surface area contributed by atoms with Crippen molar-refractivity contribution >= 4 is 0 Å². The Labute approximate surface area is 105 Å². The molecule has 0 saturated carbocycles. The zero-order chi connectivity index (χ0) is 12.6. The second-order valence-electron chi connectivity index (χ2n) is 3.72. The number of ether oxygens (including phenoxy) is 2. The summed E-state index contributed by atoms with van der Waals surface area (Å²) in [6.45, 7) is 1.75. The van der Waals surface area contributed by atoms with Crippen LogP contribution in [0.1, 0.15) is 18.4 Å². The molecule has 92 valence electrons. The van der Waals surface area contributed by atoms with Gasteiger partial charge in [-0.05, 0) is 23.7 Å². The molecule has 1 heterocycles. The number of rotatable bonds is 2. The summed E-state index contributed by atoms with van der Waals surface area (Å²) in [5.41, 5.74) is 9.00. The van der Waals surface area contributed by atoms with Crippen LogP contribution in [0.3, 0.4) is 0 Å². The van der Waals surface area contributed by atoms with Gasteiger partial charge in [0.2, 0.25) is 0 Å². The van der Waals surface area contributed by atoms with Gasteiger partial charge in [0, 0.05) is 29.9 Å². The molecule has 1 aromatic rings. The minimum absolute atomic E-state index is 0.397. The molecule has 2 rings (SSSR count). The number of hydrogen-bond donors (Lipinski definition) is 0. The van der Waals surface area contributed by atoms with Crippen LogP contribution in [0.25, 0.3) is 10.4 Å². The number of azide groups is 1. The fraction of sp³-hybridized carbons (Fsp3) is 0.385. The predicted octanol–water partition coefficient (Wildman–Crippen LogP) is 2.90. The maximum atomic E-state index is 8.12. The molecule has 0 fully saturated rings. The third kappa shape index (κ3) is 3.34. The van der Waals surface area contributed by atoms with Crippen molar-refractivity contribution in [2.45, 2.75) is 12.8 Å². The van der Waals surface area contributed by atoms with Crippen LogP contribution in [-0.4, -0.2) is 19.8 Å². The second-order valence-corrected chi connectivity index (χ2v) is 3.72. The SMILES string of the molecule is [N-]=[N+]=NCCC#Cc1ccc2c(c1)OCCCO2. The highest BCUT2D eigenvalue weighted by molar-refractivity contribution is 5.48. The third-order valence-electron chi connectivity index (χ3n) is 2.38. The van der Waals surface area contributed by atoms with Crippen LogP contribution in [0.15, 0.2) is 23.3 Å². The van der Waals surface area contributed by atoms with Crippen molar-refractivity contribution in [2.24, 2.45) is 5.11 Å². The first-order valence-electron chi connectivity index (χ1n) is 5.79. The maximum Gasteiger partial charge on any atom is 0.162 e. The normalized spacial score (nSPS) is 12.7. The number of fused-ring (bicyclic) bond motifs is 1. The lowest BCUT2D eigenvalue weighted by Crippen LogP contribution is -1.97. The van der Waals surface area contributed by atoms with Crippen LogP contribution in [0.2, 0.25) is 0 Å². The van der Waals surface area contributed by atoms with Gasteiger partial charge in [-0.2, -0.15) is 0 Å². The van der Waals surface area contributed by atoms with E-state index in [4.69, 9.17) is 15.0 Å². The Bertz CT molecular complexity index is 525. The minimum atomic E-state index is 0.397. The van der Waals surface area contributed by atoms with Gasteiger partial charge in [0.15, 0.2) is 11.5 Å². The largest absolute Gasteiger partial charge is 0.490 e. The molecule has 5 heteroatoms. The summed E-state index contributed by atoms with van der Waals surface area (Å²) in [5, 5.41) is 3.42. The first-order chi connectivity index (χ1) is 8.90. The van der Waals surface area contributed by atoms with E-state index < -0.39 is 0 Å². The molecule has 0 aliphatic carbocycles. The summed E-state index contributed by atoms with van der Waals surface area (Å²) in [5.74, 6) is 7.47. The minimum Gasteiger partial charge on any atom is -0.490 e. The second kappa shape index (κ2) is 6.43. The van der Waals surface area contributed by atoms with Gasteiger partial charge >= 0.3 is 0 Å². The maximum absolute atomic E-state index is 8.12. The molecule has 0 N–H and O–H groups in total. The molecular formula is C13H13N3O2. The highest BCUT2D eigenvalue weighted by atomic mass is 16.5. The van der Waals surface area contributed by atoms with Gasteiger partial charge in [0.25, 0.3) is 0 Å². The lowest BCUT2D eigenvalue weighted by Gasteiger charge is -2.06. The van der Waals surface area contributed by atoms with E-state index in [1.807, 2.05) is 18.2 Å². The van der Waals surface area contributed by atoms with E-state index in [1.54, 1.807) is 0 Å². The van der Waals surface area contributed by atoms with E-state index in [9.17, 15) is 0 Å². The standard InChI is InChI=1S/C13H13N3O2/c14-16-15-7-2-1-4-11-5-6-12-13(10-11)18-9-3-8-17-12/h5-6,10H,2-3,7-9H2. The van der Waals surface area contributed by atoms with Crippen molar-refractivity contribution in [3.05, 3.63) is 34.2 Å². The Hall–Kier alpha value is -2.31. The van der Waals surface area contributed by atoms with Crippen molar-refractivity contribution in [2.75, 3.05) is 19.8 Å². The molecule has 0 aromatic heterocycles. The average molecular weight is 243 g/mol. The zero-order valence-electron chi connectivity index (χ0n) is 9.93. The Morgan fingerprint density at radius 1 is 1.28 bits per heavy atom. The van der Waals surface area contributed by atoms with Gasteiger partial charge in [-0.15, -0.1) is 0 Å². The quantitative estimate of drug-likeness (QED) is 0.263. The summed E-state index contributed by atoms with van der Waals surface area (Å²) in [7, 11) is 0. The van der Waals surface area contributed by atoms with Crippen molar-refractivity contribution in [1.29, 1.82) is 0 Å². The zero-order valence-corrected chi connectivity index (χ0v) is 9.93. The van der Waals surface area contributed by atoms with E-state index >= 15 is 0 Å². The molecule has 18 heavy (non-hydrogen) atoms. The van der Waals surface area contributed by atoms with Crippen molar-refractivity contribution in [1.82, 2.24) is 0 Å². The fourth-order valence-electron chi connectivity index (χ4n) is 1.56. The molecule has 0 saturated heterocycles. The number of nitrogens with zero attached hydrogens (tertiary/aromatic N) is 3. The summed E-state index contributed by atoms with van der Waals surface area (Å²) in [6.07, 6.45) is 1.44. The van der Waals surface area contributed by atoms with Crippen molar-refractivity contribution in [3.63, 3.8) is 0 Å². The van der Waals surface area contributed by atoms with Crippen LogP contribution in [0.4, 0.5) is 0 Å². The molecule has 1 aromatic carbocycles. The summed E-state index contributed by atoms with van der Waals surface area (Å²) < 4.78 is 11.1. The molecule has 0 bridgehead atoms. The molecule has 1 aliphatic rings. The smallest absolute Gasteiger partial charge is 0.162 e. The predicted molar refractivity (Wildman–Crippen MR) is 67.6 cm³/mol. The fourth-order valence-corrected chi connectivity index (χ4v) is 1.56. The Morgan fingerprint density at radius 2 is 2.11 bits per heavy atom. The highest BCUT2D eigenvalue weighted by Gasteiger charge is 2.09. The van der Waals surface area contributed by atoms with Crippen LogP contribution >= 0.6 is 0 Å². The first-order valence-corrected chi connectivity index (χ1v) is 5.79. The van der Waals surface area contributed by atoms with Crippen LogP contribution < -0.4 is 9.47 Å². The Kier molecular flexibility index (Phi) is 4.34. The molecule has 0 amide bonds. The van der Waals surface area contributed by atoms with Gasteiger partial charge in [-0.1, -0.05) is 17.0 Å². The average Bonchev–Trinajstić information content (AvgIpc) is 2.63. The van der Waals surface area contributed by atoms with Gasteiger partial charge in [0.05, 0.1) is 13.2 Å². The van der Waals surface area contributed by atoms with E-state index in [1.165, 1.54) is 0 Å². The van der Waals surface area contributed by atoms with Crippen molar-refractivity contribution < 1.29 is 9.47 Å². The molecule has 0 spiro atoms. The van der Waals surface area contributed by atoms with Gasteiger partial charge in [0.1, 0.15) is 0 Å². The number of benzene rings is 1. The molecule has 5 nitrogen and oxygen atoms in total. The molecule has 0 radical (unpaired) electrons. The van der Waals surface area contributed by atoms with E-state index in [2.05, 4.69) is 21.9 Å². The van der Waals surface area contributed by atoms with Crippen LogP contribution in [0.5, 0.6) is 11.5 Å². The molecule has 1 aliphatic heterocycles. The van der Waals surface area contributed by atoms with Gasteiger partial charge in [-0.25, -0.2) is 0 Å². The van der Waals surface area contributed by atoms with Crippen LogP contribution in [-0.2, 0) is 0 Å². The topological polar surface area (TPSA) is 67.2 Å². The van der Waals surface area contributed by atoms with Crippen LogP contribution in [0, 0.1) is 11.8 Å². The molecule has 0 atom stereocenters. The van der Waals surface area contributed by atoms with Gasteiger partial charge in [-0.3, -0.25) is 0 Å². The van der Waals surface area contributed by atoms with Gasteiger partial charge < -0.3 is 9.47 Å². The van der Waals surface area contributed by atoms with Crippen molar-refractivity contribution in [3.8, 4) is 23.3 Å². The molecular weight excluding hydrogens is 230 g/mol. The summed E-state index contributed by atoms with van der Waals surface area (Å²) in [6, 6.07) is 5.65. The third-order valence-corrected chi connectivity index (χ3v) is 2.38. The summed E-state index contributed by atoms with van der Waals surface area (Å²) >= 11 is 0. The monoisotopic (exact) mass is 243 g/mol. The molecule has 0 unspecified atom stereocenters. The lowest BCUT2D eigenvalue weighted by atomic mass is 10.2. The Morgan fingerprint density at radius 3 is 2.94 bits per heavy atom. The number of hydrogen-bond acceptors (Lipinski definition) is 3. The van der Waals surface area contributed by atoms with E-state index in [0.717, 1.165) is 23.5 Å². The first kappa shape index (κ1) is 12.2. The lowest BCUT2D eigenvalue weighted by molar-refractivity contribution is 0.297. The Balaban J connectivity index is 2.05. The highest BCUT2D eigenvalue weighted by Crippen LogP contribution is 2.30. The van der Waals surface area contributed by atoms with E-state index in [-0.39, 0.29) is 0 Å².